The van der Waals surface area contributed by atoms with Crippen molar-refractivity contribution < 1.29 is 4.74 Å². The van der Waals surface area contributed by atoms with E-state index in [1.54, 1.807) is 6.20 Å². The minimum atomic E-state index is 0.571. The van der Waals surface area contributed by atoms with Gasteiger partial charge in [-0.2, -0.15) is 0 Å². The van der Waals surface area contributed by atoms with Crippen LogP contribution in [-0.4, -0.2) is 16.6 Å². The van der Waals surface area contributed by atoms with Crippen molar-refractivity contribution in [3.05, 3.63) is 64.5 Å². The van der Waals surface area contributed by atoms with Gasteiger partial charge in [0.05, 0.1) is 17.4 Å². The highest BCUT2D eigenvalue weighted by Gasteiger charge is 2.02. The van der Waals surface area contributed by atoms with Crippen molar-refractivity contribution in [2.75, 3.05) is 11.9 Å². The summed E-state index contributed by atoms with van der Waals surface area (Å²) in [5.74, 6) is 1.64. The number of hydrogen-bond donors (Lipinski definition) is 1. The van der Waals surface area contributed by atoms with E-state index in [1.165, 1.54) is 0 Å². The van der Waals surface area contributed by atoms with Gasteiger partial charge in [0.2, 0.25) is 0 Å². The highest BCUT2D eigenvalue weighted by molar-refractivity contribution is 14.1. The van der Waals surface area contributed by atoms with Gasteiger partial charge in [-0.3, -0.25) is 4.98 Å². The van der Waals surface area contributed by atoms with Crippen molar-refractivity contribution >= 4 is 45.0 Å². The molecule has 0 spiro atoms. The first-order chi connectivity index (χ1) is 11.2. The molecule has 4 nitrogen and oxygen atoms in total. The average Bonchev–Trinajstić information content (AvgIpc) is 2.57. The molecule has 2 aromatic heterocycles. The Morgan fingerprint density at radius 3 is 2.87 bits per heavy atom. The number of halogens is 1. The second kappa shape index (κ2) is 7.41. The van der Waals surface area contributed by atoms with E-state index < -0.39 is 0 Å². The Balaban J connectivity index is 1.79. The van der Waals surface area contributed by atoms with Crippen LogP contribution in [0.1, 0.15) is 5.69 Å². The molecule has 0 amide bonds. The molecule has 0 fully saturated rings. The van der Waals surface area contributed by atoms with Gasteiger partial charge < -0.3 is 10.1 Å². The lowest BCUT2D eigenvalue weighted by molar-refractivity contribution is 0.363. The molecule has 5 heteroatoms. The first-order valence-corrected chi connectivity index (χ1v) is 8.48. The molecule has 1 N–H and O–H groups in total. The summed E-state index contributed by atoms with van der Waals surface area (Å²) in [5.41, 5.74) is 2.84. The number of rotatable bonds is 5. The number of anilines is 2. The standard InChI is InChI=1S/C18H16IN3O/c1-13-3-5-15(12-20-13)21-18-8-4-14-11-16(23-10-2-9-19)6-7-17(14)22-18/h2-9,11-12H,10H2,1H3,(H,21,22)/b9-2+. The topological polar surface area (TPSA) is 47.0 Å². The molecule has 23 heavy (non-hydrogen) atoms. The zero-order chi connectivity index (χ0) is 16.1. The Hall–Kier alpha value is -2.15. The van der Waals surface area contributed by atoms with Crippen LogP contribution in [0.5, 0.6) is 5.75 Å². The highest BCUT2D eigenvalue weighted by atomic mass is 127. The Morgan fingerprint density at radius 2 is 2.09 bits per heavy atom. The fourth-order valence-electron chi connectivity index (χ4n) is 2.13. The van der Waals surface area contributed by atoms with E-state index in [4.69, 9.17) is 4.74 Å². The smallest absolute Gasteiger partial charge is 0.131 e. The summed E-state index contributed by atoms with van der Waals surface area (Å²) in [6.07, 6.45) is 3.77. The minimum Gasteiger partial charge on any atom is -0.489 e. The summed E-state index contributed by atoms with van der Waals surface area (Å²) in [4.78, 5) is 8.89. The highest BCUT2D eigenvalue weighted by Crippen LogP contribution is 2.22. The van der Waals surface area contributed by atoms with Crippen molar-refractivity contribution in [3.8, 4) is 5.75 Å². The number of fused-ring (bicyclic) bond motifs is 1. The van der Waals surface area contributed by atoms with E-state index in [9.17, 15) is 0 Å². The molecule has 0 aliphatic rings. The van der Waals surface area contributed by atoms with Crippen molar-refractivity contribution in [2.24, 2.45) is 0 Å². The van der Waals surface area contributed by atoms with E-state index >= 15 is 0 Å². The number of nitrogens with zero attached hydrogens (tertiary/aromatic N) is 2. The maximum atomic E-state index is 5.65. The van der Waals surface area contributed by atoms with Gasteiger partial charge in [0, 0.05) is 11.1 Å². The normalized spacial score (nSPS) is 11.0. The van der Waals surface area contributed by atoms with Crippen LogP contribution < -0.4 is 10.1 Å². The number of nitrogens with one attached hydrogen (secondary N) is 1. The third kappa shape index (κ3) is 4.19. The van der Waals surface area contributed by atoms with E-state index in [2.05, 4.69) is 37.9 Å². The Kier molecular flexibility index (Phi) is 5.07. The SMILES string of the molecule is Cc1ccc(Nc2ccc3cc(OC/C=C/I)ccc3n2)cn1. The predicted octanol–water partition coefficient (Wildman–Crippen LogP) is 5.01. The molecule has 0 bridgehead atoms. The average molecular weight is 417 g/mol. The van der Waals surface area contributed by atoms with Crippen LogP contribution in [0.15, 0.2) is 58.8 Å². The van der Waals surface area contributed by atoms with Crippen molar-refractivity contribution in [1.82, 2.24) is 9.97 Å². The Morgan fingerprint density at radius 1 is 1.17 bits per heavy atom. The van der Waals surface area contributed by atoms with Crippen molar-refractivity contribution in [1.29, 1.82) is 0 Å². The predicted molar refractivity (Wildman–Crippen MR) is 103 cm³/mol. The molecule has 1 aromatic carbocycles. The first-order valence-electron chi connectivity index (χ1n) is 7.23. The zero-order valence-electron chi connectivity index (χ0n) is 12.7. The third-order valence-electron chi connectivity index (χ3n) is 3.28. The van der Waals surface area contributed by atoms with E-state index in [0.29, 0.717) is 6.61 Å². The summed E-state index contributed by atoms with van der Waals surface area (Å²) < 4.78 is 7.59. The summed E-state index contributed by atoms with van der Waals surface area (Å²) in [7, 11) is 0. The molecule has 2 heterocycles. The molecule has 3 rings (SSSR count). The lowest BCUT2D eigenvalue weighted by atomic mass is 10.2. The third-order valence-corrected chi connectivity index (χ3v) is 3.79. The summed E-state index contributed by atoms with van der Waals surface area (Å²) in [5, 5.41) is 4.31. The number of hydrogen-bond acceptors (Lipinski definition) is 4. The quantitative estimate of drug-likeness (QED) is 0.593. The molecule has 0 radical (unpaired) electrons. The van der Waals surface area contributed by atoms with E-state index in [0.717, 1.165) is 33.9 Å². The largest absolute Gasteiger partial charge is 0.489 e. The van der Waals surface area contributed by atoms with Crippen LogP contribution in [-0.2, 0) is 0 Å². The minimum absolute atomic E-state index is 0.571. The van der Waals surface area contributed by atoms with E-state index in [-0.39, 0.29) is 0 Å². The van der Waals surface area contributed by atoms with Crippen LogP contribution in [0.2, 0.25) is 0 Å². The van der Waals surface area contributed by atoms with Gasteiger partial charge in [-0.1, -0.05) is 22.6 Å². The second-order valence-electron chi connectivity index (χ2n) is 5.04. The lowest BCUT2D eigenvalue weighted by Gasteiger charge is -2.08. The van der Waals surface area contributed by atoms with Crippen LogP contribution in [0.3, 0.4) is 0 Å². The summed E-state index contributed by atoms with van der Waals surface area (Å²) in [6.45, 7) is 2.54. The Labute approximate surface area is 148 Å². The molecule has 3 aromatic rings. The van der Waals surface area contributed by atoms with Crippen LogP contribution in [0.4, 0.5) is 11.5 Å². The molecular weight excluding hydrogens is 401 g/mol. The summed E-state index contributed by atoms with van der Waals surface area (Å²) >= 11 is 2.18. The second-order valence-corrected chi connectivity index (χ2v) is 5.76. The molecule has 116 valence electrons. The first kappa shape index (κ1) is 15.7. The molecule has 0 atom stereocenters. The Bertz CT molecular complexity index is 831. The van der Waals surface area contributed by atoms with Crippen LogP contribution in [0, 0.1) is 6.92 Å². The van der Waals surface area contributed by atoms with Gasteiger partial charge >= 0.3 is 0 Å². The molecule has 0 aliphatic heterocycles. The van der Waals surface area contributed by atoms with Gasteiger partial charge in [0.25, 0.3) is 0 Å². The number of ether oxygens (including phenoxy) is 1. The summed E-state index contributed by atoms with van der Waals surface area (Å²) in [6, 6.07) is 13.9. The van der Waals surface area contributed by atoms with Gasteiger partial charge in [0.1, 0.15) is 18.2 Å². The van der Waals surface area contributed by atoms with Gasteiger partial charge in [-0.15, -0.1) is 0 Å². The van der Waals surface area contributed by atoms with Crippen molar-refractivity contribution in [2.45, 2.75) is 6.92 Å². The van der Waals surface area contributed by atoms with Gasteiger partial charge in [-0.05, 0) is 59.5 Å². The zero-order valence-corrected chi connectivity index (χ0v) is 14.8. The van der Waals surface area contributed by atoms with Crippen LogP contribution >= 0.6 is 22.6 Å². The number of aromatic nitrogens is 2. The number of benzene rings is 1. The van der Waals surface area contributed by atoms with Crippen molar-refractivity contribution in [3.63, 3.8) is 0 Å². The van der Waals surface area contributed by atoms with Gasteiger partial charge in [0.15, 0.2) is 0 Å². The molecule has 0 unspecified atom stereocenters. The maximum absolute atomic E-state index is 5.65. The number of aryl methyl sites for hydroxylation is 1. The number of pyridine rings is 2. The molecular formula is C18H16IN3O. The fraction of sp³-hybridized carbons (Fsp3) is 0.111. The maximum Gasteiger partial charge on any atom is 0.131 e. The molecule has 0 aliphatic carbocycles. The van der Waals surface area contributed by atoms with Crippen LogP contribution in [0.25, 0.3) is 10.9 Å². The molecule has 0 saturated carbocycles. The van der Waals surface area contributed by atoms with Gasteiger partial charge in [-0.25, -0.2) is 4.98 Å². The lowest BCUT2D eigenvalue weighted by Crippen LogP contribution is -1.96. The van der Waals surface area contributed by atoms with E-state index in [1.807, 2.05) is 59.5 Å². The fourth-order valence-corrected chi connectivity index (χ4v) is 2.34. The monoisotopic (exact) mass is 417 g/mol. The molecule has 0 saturated heterocycles.